The second-order valence-electron chi connectivity index (χ2n) is 6.67. The van der Waals surface area contributed by atoms with Gasteiger partial charge >= 0.3 is 0 Å². The number of ether oxygens (including phenoxy) is 1. The van der Waals surface area contributed by atoms with E-state index in [1.54, 1.807) is 23.6 Å². The molecule has 1 aliphatic heterocycles. The number of amides is 1. The highest BCUT2D eigenvalue weighted by Crippen LogP contribution is 2.27. The molecule has 0 aliphatic carbocycles. The summed E-state index contributed by atoms with van der Waals surface area (Å²) in [7, 11) is 0. The molecule has 10 heteroatoms. The number of thiophene rings is 1. The average molecular weight is 402 g/mol. The van der Waals surface area contributed by atoms with Crippen LogP contribution < -0.4 is 10.2 Å². The van der Waals surface area contributed by atoms with E-state index in [-0.39, 0.29) is 23.9 Å². The Balaban J connectivity index is 1.51. The van der Waals surface area contributed by atoms with Crippen LogP contribution in [0.25, 0.3) is 5.69 Å². The van der Waals surface area contributed by atoms with Gasteiger partial charge in [-0.15, -0.1) is 16.4 Å². The molecule has 1 N–H and O–H groups in total. The average Bonchev–Trinajstić information content (AvgIpc) is 3.32. The lowest BCUT2D eigenvalue weighted by Gasteiger charge is -2.37. The summed E-state index contributed by atoms with van der Waals surface area (Å²) in [6.07, 6.45) is 1.48. The van der Waals surface area contributed by atoms with Crippen molar-refractivity contribution in [3.63, 3.8) is 0 Å². The number of aromatic nitrogens is 4. The number of morpholine rings is 1. The number of hydrogen-bond donors (Lipinski definition) is 1. The van der Waals surface area contributed by atoms with Crippen molar-refractivity contribution < 1.29 is 13.9 Å². The maximum absolute atomic E-state index is 14.7. The van der Waals surface area contributed by atoms with Crippen LogP contribution in [-0.4, -0.2) is 51.4 Å². The smallest absolute Gasteiger partial charge is 0.267 e. The summed E-state index contributed by atoms with van der Waals surface area (Å²) in [5.74, 6) is -0.729. The monoisotopic (exact) mass is 402 g/mol. The van der Waals surface area contributed by atoms with Crippen molar-refractivity contribution in [1.29, 1.82) is 0 Å². The van der Waals surface area contributed by atoms with Gasteiger partial charge in [0, 0.05) is 18.8 Å². The summed E-state index contributed by atoms with van der Waals surface area (Å²) in [5.41, 5.74) is 1.46. The van der Waals surface area contributed by atoms with E-state index in [1.807, 2.05) is 18.7 Å². The second-order valence-corrected chi connectivity index (χ2v) is 7.59. The molecule has 2 aromatic heterocycles. The maximum atomic E-state index is 14.7. The van der Waals surface area contributed by atoms with E-state index in [4.69, 9.17) is 4.74 Å². The zero-order valence-corrected chi connectivity index (χ0v) is 16.2. The van der Waals surface area contributed by atoms with E-state index < -0.39 is 0 Å². The molecule has 3 heterocycles. The molecule has 1 aliphatic rings. The lowest BCUT2D eigenvalue weighted by molar-refractivity contribution is -0.00539. The predicted molar refractivity (Wildman–Crippen MR) is 104 cm³/mol. The van der Waals surface area contributed by atoms with Gasteiger partial charge in [-0.25, -0.2) is 4.39 Å². The van der Waals surface area contributed by atoms with Gasteiger partial charge in [0.05, 0.1) is 23.6 Å². The molecule has 0 saturated carbocycles. The predicted octanol–water partition coefficient (Wildman–Crippen LogP) is 2.73. The summed E-state index contributed by atoms with van der Waals surface area (Å²) < 4.78 is 21.8. The van der Waals surface area contributed by atoms with Crippen molar-refractivity contribution in [2.24, 2.45) is 0 Å². The topological polar surface area (TPSA) is 85.2 Å². The van der Waals surface area contributed by atoms with E-state index in [9.17, 15) is 9.18 Å². The lowest BCUT2D eigenvalue weighted by atomic mass is 10.2. The maximum Gasteiger partial charge on any atom is 0.267 e. The van der Waals surface area contributed by atoms with Crippen molar-refractivity contribution in [1.82, 2.24) is 20.2 Å². The zero-order valence-electron chi connectivity index (χ0n) is 15.4. The van der Waals surface area contributed by atoms with Gasteiger partial charge in [0.2, 0.25) is 0 Å². The number of nitrogens with zero attached hydrogens (tertiary/aromatic N) is 5. The SMILES string of the molecule is CC1CN(c2ccc(NC(=O)c3sccc3-n3cnnn3)cc2F)CC(C)O1. The summed E-state index contributed by atoms with van der Waals surface area (Å²) in [6.45, 7) is 5.19. The first-order valence-electron chi connectivity index (χ1n) is 8.83. The van der Waals surface area contributed by atoms with Gasteiger partial charge < -0.3 is 15.0 Å². The number of anilines is 2. The van der Waals surface area contributed by atoms with Gasteiger partial charge in [0.25, 0.3) is 5.91 Å². The Bertz CT molecular complexity index is 966. The standard InChI is InChI=1S/C18H19FN6O2S/c1-11-8-24(9-12(2)27-11)15-4-3-13(7-14(15)19)21-18(26)17-16(5-6-28-17)25-10-20-22-23-25/h3-7,10-12H,8-9H2,1-2H3,(H,21,26). The summed E-state index contributed by atoms with van der Waals surface area (Å²) in [5, 5.41) is 15.5. The molecule has 8 nitrogen and oxygen atoms in total. The molecule has 1 aromatic carbocycles. The minimum Gasteiger partial charge on any atom is -0.372 e. The fourth-order valence-electron chi connectivity index (χ4n) is 3.33. The second kappa shape index (κ2) is 7.64. The molecular weight excluding hydrogens is 383 g/mol. The van der Waals surface area contributed by atoms with Crippen LogP contribution in [0.4, 0.5) is 15.8 Å². The molecule has 2 atom stereocenters. The Morgan fingerprint density at radius 1 is 1.25 bits per heavy atom. The van der Waals surface area contributed by atoms with Crippen molar-refractivity contribution in [2.75, 3.05) is 23.3 Å². The number of rotatable bonds is 4. The zero-order chi connectivity index (χ0) is 19.7. The third kappa shape index (κ3) is 3.73. The molecular formula is C18H19FN6O2S. The van der Waals surface area contributed by atoms with Crippen molar-refractivity contribution >= 4 is 28.6 Å². The van der Waals surface area contributed by atoms with Crippen LogP contribution in [0.5, 0.6) is 0 Å². The first-order valence-corrected chi connectivity index (χ1v) is 9.71. The third-order valence-electron chi connectivity index (χ3n) is 4.41. The van der Waals surface area contributed by atoms with Gasteiger partial charge in [0.1, 0.15) is 17.0 Å². The van der Waals surface area contributed by atoms with E-state index in [2.05, 4.69) is 20.8 Å². The number of halogens is 1. The van der Waals surface area contributed by atoms with Crippen LogP contribution in [0.15, 0.2) is 36.0 Å². The Kier molecular flexibility index (Phi) is 5.05. The fraction of sp³-hybridized carbons (Fsp3) is 0.333. The number of nitrogens with one attached hydrogen (secondary N) is 1. The first-order chi connectivity index (χ1) is 13.5. The molecule has 0 radical (unpaired) electrons. The molecule has 1 fully saturated rings. The van der Waals surface area contributed by atoms with Gasteiger partial charge in [-0.2, -0.15) is 4.68 Å². The number of benzene rings is 1. The minimum atomic E-state index is -0.383. The molecule has 1 amide bonds. The minimum absolute atomic E-state index is 0.0334. The highest BCUT2D eigenvalue weighted by Gasteiger charge is 2.24. The van der Waals surface area contributed by atoms with Gasteiger partial charge in [-0.3, -0.25) is 4.79 Å². The normalized spacial score (nSPS) is 19.6. The van der Waals surface area contributed by atoms with Crippen molar-refractivity contribution in [2.45, 2.75) is 26.1 Å². The van der Waals surface area contributed by atoms with E-state index in [0.29, 0.717) is 35.0 Å². The summed E-state index contributed by atoms with van der Waals surface area (Å²) >= 11 is 1.26. The Morgan fingerprint density at radius 3 is 2.71 bits per heavy atom. The highest BCUT2D eigenvalue weighted by molar-refractivity contribution is 7.12. The van der Waals surface area contributed by atoms with Crippen LogP contribution in [0, 0.1) is 5.82 Å². The molecule has 4 rings (SSSR count). The lowest BCUT2D eigenvalue weighted by Crippen LogP contribution is -2.45. The Hall–Kier alpha value is -2.85. The first kappa shape index (κ1) is 18.5. The van der Waals surface area contributed by atoms with Crippen molar-refractivity contribution in [3.8, 4) is 5.69 Å². The molecule has 28 heavy (non-hydrogen) atoms. The van der Waals surface area contributed by atoms with Crippen LogP contribution in [0.1, 0.15) is 23.5 Å². The van der Waals surface area contributed by atoms with Crippen LogP contribution in [0.3, 0.4) is 0 Å². The largest absolute Gasteiger partial charge is 0.372 e. The highest BCUT2D eigenvalue weighted by atomic mass is 32.1. The number of tetrazole rings is 1. The number of carbonyl (C=O) groups is 1. The molecule has 0 spiro atoms. The number of carbonyl (C=O) groups excluding carboxylic acids is 1. The quantitative estimate of drug-likeness (QED) is 0.722. The van der Waals surface area contributed by atoms with E-state index >= 15 is 0 Å². The van der Waals surface area contributed by atoms with Crippen molar-refractivity contribution in [3.05, 3.63) is 46.7 Å². The third-order valence-corrected chi connectivity index (χ3v) is 5.31. The molecule has 1 saturated heterocycles. The van der Waals surface area contributed by atoms with Crippen LogP contribution in [0.2, 0.25) is 0 Å². The summed E-state index contributed by atoms with van der Waals surface area (Å²) in [4.78, 5) is 15.0. The Labute approximate surface area is 164 Å². The van der Waals surface area contributed by atoms with E-state index in [1.165, 1.54) is 28.4 Å². The molecule has 3 aromatic rings. The number of hydrogen-bond acceptors (Lipinski definition) is 7. The molecule has 146 valence electrons. The molecule has 2 unspecified atom stereocenters. The van der Waals surface area contributed by atoms with Crippen LogP contribution >= 0.6 is 11.3 Å². The van der Waals surface area contributed by atoms with Gasteiger partial charge in [-0.05, 0) is 53.9 Å². The van der Waals surface area contributed by atoms with Gasteiger partial charge in [-0.1, -0.05) is 0 Å². The fourth-order valence-corrected chi connectivity index (χ4v) is 4.10. The Morgan fingerprint density at radius 2 is 2.04 bits per heavy atom. The van der Waals surface area contributed by atoms with Crippen LogP contribution in [-0.2, 0) is 4.74 Å². The van der Waals surface area contributed by atoms with Gasteiger partial charge in [0.15, 0.2) is 0 Å². The summed E-state index contributed by atoms with van der Waals surface area (Å²) in [6, 6.07) is 6.47. The van der Waals surface area contributed by atoms with E-state index in [0.717, 1.165) is 0 Å². The molecule has 0 bridgehead atoms.